The molecule has 10 nitrogen and oxygen atoms in total. The topological polar surface area (TPSA) is 142 Å². The number of H-pyrrole nitrogens is 1. The lowest BCUT2D eigenvalue weighted by Crippen LogP contribution is -2.34. The third-order valence-corrected chi connectivity index (χ3v) is 10.1. The molecule has 0 saturated carbocycles. The summed E-state index contributed by atoms with van der Waals surface area (Å²) in [4.78, 5) is 42.1. The van der Waals surface area contributed by atoms with Gasteiger partial charge in [-0.05, 0) is 82.7 Å². The van der Waals surface area contributed by atoms with Crippen LogP contribution in [-0.2, 0) is 16.6 Å². The Morgan fingerprint density at radius 1 is 0.974 bits per heavy atom. The second kappa shape index (κ2) is 11.0. The molecular weight excluding hydrogens is 650 g/mol. The summed E-state index contributed by atoms with van der Waals surface area (Å²) in [6.45, 7) is 0.593. The van der Waals surface area contributed by atoms with Crippen LogP contribution in [0, 0.1) is 0 Å². The molecule has 0 aliphatic rings. The number of aromatic nitrogens is 2. The number of benzene rings is 2. The number of hydrogen-bond donors (Lipinski definition) is 4. The Hall–Kier alpha value is -3.43. The number of carbonyl (C=O) groups excluding carboxylic acids is 1. The lowest BCUT2D eigenvalue weighted by molar-refractivity contribution is 0.256. The fourth-order valence-corrected chi connectivity index (χ4v) is 7.48. The third kappa shape index (κ3) is 6.09. The number of carbonyl (C=O) groups is 1. The first-order chi connectivity index (χ1) is 18.6. The Bertz CT molecular complexity index is 1930. The Balaban J connectivity index is 1.32. The zero-order valence-electron chi connectivity index (χ0n) is 19.5. The molecule has 0 spiro atoms. The normalized spacial score (nSPS) is 11.4. The molecule has 2 amide bonds. The fourth-order valence-electron chi connectivity index (χ4n) is 3.66. The maximum absolute atomic E-state index is 13.2. The predicted molar refractivity (Wildman–Crippen MR) is 158 cm³/mol. The van der Waals surface area contributed by atoms with Gasteiger partial charge in [-0.25, -0.2) is 27.3 Å². The van der Waals surface area contributed by atoms with E-state index in [2.05, 4.69) is 31.5 Å². The highest BCUT2D eigenvalue weighted by Crippen LogP contribution is 2.26. The molecule has 0 fully saturated rings. The number of nitrogens with one attached hydrogen (secondary N) is 4. The number of anilines is 2. The second-order valence-corrected chi connectivity index (χ2v) is 14.2. The first-order valence-corrected chi connectivity index (χ1v) is 15.3. The van der Waals surface area contributed by atoms with Crippen molar-refractivity contribution in [1.29, 1.82) is 0 Å². The highest BCUT2D eigenvalue weighted by molar-refractivity contribution is 9.11. The Morgan fingerprint density at radius 2 is 1.72 bits per heavy atom. The highest BCUT2D eigenvalue weighted by atomic mass is 79.9. The maximum atomic E-state index is 13.2. The number of fused-ring (bicyclic) bond motifs is 1. The van der Waals surface area contributed by atoms with E-state index in [1.807, 2.05) is 16.9 Å². The first-order valence-electron chi connectivity index (χ1n) is 11.1. The van der Waals surface area contributed by atoms with Crippen molar-refractivity contribution in [3.8, 4) is 5.69 Å². The van der Waals surface area contributed by atoms with Gasteiger partial charge in [0.1, 0.15) is 4.21 Å². The zero-order valence-corrected chi connectivity index (χ0v) is 24.3. The van der Waals surface area contributed by atoms with Gasteiger partial charge in [0.25, 0.3) is 15.6 Å². The Morgan fingerprint density at radius 3 is 2.38 bits per heavy atom. The Labute approximate surface area is 242 Å². The molecule has 0 atom stereocenters. The molecule has 0 aliphatic heterocycles. The van der Waals surface area contributed by atoms with E-state index in [0.29, 0.717) is 17.4 Å². The van der Waals surface area contributed by atoms with Crippen LogP contribution in [0.4, 0.5) is 16.2 Å². The fraction of sp³-hybridized carbons (Fsp3) is 0.0417. The van der Waals surface area contributed by atoms with E-state index in [0.717, 1.165) is 30.3 Å². The van der Waals surface area contributed by atoms with Crippen molar-refractivity contribution in [3.63, 3.8) is 0 Å². The van der Waals surface area contributed by atoms with Gasteiger partial charge in [0, 0.05) is 22.8 Å². The summed E-state index contributed by atoms with van der Waals surface area (Å²) in [6, 6.07) is 16.6. The number of urea groups is 1. The first kappa shape index (κ1) is 27.1. The summed E-state index contributed by atoms with van der Waals surface area (Å²) >= 11 is 11.6. The lowest BCUT2D eigenvalue weighted by atomic mass is 10.2. The van der Waals surface area contributed by atoms with Crippen molar-refractivity contribution in [2.75, 3.05) is 10.6 Å². The van der Waals surface area contributed by atoms with Crippen LogP contribution in [0.25, 0.3) is 16.6 Å². The molecule has 15 heteroatoms. The predicted octanol–water partition coefficient (Wildman–Crippen LogP) is 5.34. The number of amides is 2. The summed E-state index contributed by atoms with van der Waals surface area (Å²) in [5, 5.41) is 6.00. The van der Waals surface area contributed by atoms with Crippen LogP contribution in [0.3, 0.4) is 0 Å². The van der Waals surface area contributed by atoms with Crippen molar-refractivity contribution in [3.05, 3.63) is 101 Å². The third-order valence-electron chi connectivity index (χ3n) is 5.42. The molecule has 2 aromatic carbocycles. The molecule has 0 radical (unpaired) electrons. The van der Waals surface area contributed by atoms with Crippen molar-refractivity contribution in [1.82, 2.24) is 14.3 Å². The number of sulfonamides is 1. The second-order valence-electron chi connectivity index (χ2n) is 8.06. The van der Waals surface area contributed by atoms with E-state index in [-0.39, 0.29) is 19.9 Å². The van der Waals surface area contributed by atoms with Gasteiger partial charge in [0.2, 0.25) is 0 Å². The summed E-state index contributed by atoms with van der Waals surface area (Å²) in [5.74, 6) is 0. The molecule has 0 unspecified atom stereocenters. The molecule has 200 valence electrons. The number of aromatic amines is 1. The van der Waals surface area contributed by atoms with Gasteiger partial charge in [0.15, 0.2) is 0 Å². The molecule has 3 aromatic heterocycles. The van der Waals surface area contributed by atoms with Crippen molar-refractivity contribution >= 4 is 88.5 Å². The summed E-state index contributed by atoms with van der Waals surface area (Å²) < 4.78 is 28.7. The molecule has 3 heterocycles. The largest absolute Gasteiger partial charge is 0.380 e. The number of nitrogens with zero attached hydrogens (tertiary/aromatic N) is 1. The van der Waals surface area contributed by atoms with Crippen molar-refractivity contribution in [2.45, 2.75) is 10.8 Å². The quantitative estimate of drug-likeness (QED) is 0.185. The SMILES string of the molecule is O=C(Nc1ccc(-n2c(=O)[nH]c3cc(NCc4ccc(Br)s4)ccc3c2=O)cc1)NS(=O)(=O)c1ccc(Cl)s1. The van der Waals surface area contributed by atoms with Gasteiger partial charge >= 0.3 is 11.7 Å². The van der Waals surface area contributed by atoms with Crippen LogP contribution in [0.15, 0.2) is 84.3 Å². The van der Waals surface area contributed by atoms with Gasteiger partial charge in [-0.2, -0.15) is 0 Å². The monoisotopic (exact) mass is 665 g/mol. The van der Waals surface area contributed by atoms with Crippen molar-refractivity contribution in [2.24, 2.45) is 0 Å². The molecule has 0 bridgehead atoms. The van der Waals surface area contributed by atoms with E-state index in [1.54, 1.807) is 29.5 Å². The van der Waals surface area contributed by atoms with Gasteiger partial charge < -0.3 is 15.6 Å². The van der Waals surface area contributed by atoms with Crippen LogP contribution >= 0.6 is 50.2 Å². The summed E-state index contributed by atoms with van der Waals surface area (Å²) in [5.41, 5.74) is 0.502. The molecular formula is C24H17BrClN5O5S3. The van der Waals surface area contributed by atoms with Crippen LogP contribution in [0.2, 0.25) is 4.34 Å². The average Bonchev–Trinajstić information content (AvgIpc) is 3.51. The minimum absolute atomic E-state index is 0.105. The van der Waals surface area contributed by atoms with E-state index < -0.39 is 27.3 Å². The van der Waals surface area contributed by atoms with Crippen LogP contribution in [-0.4, -0.2) is 24.0 Å². The van der Waals surface area contributed by atoms with E-state index >= 15 is 0 Å². The molecule has 5 aromatic rings. The minimum Gasteiger partial charge on any atom is -0.380 e. The standard InChI is InChI=1S/C24H17BrClN5O5S3/c25-19-8-6-16(37-19)12-27-14-3-7-17-18(11-14)29-24(34)31(22(17)32)15-4-1-13(2-5-15)28-23(33)30-39(35,36)21-10-9-20(26)38-21/h1-11,27H,12H2,(H,29,34)(H2,28,30,33). The number of rotatable bonds is 7. The lowest BCUT2D eigenvalue weighted by Gasteiger charge is -2.10. The van der Waals surface area contributed by atoms with Crippen molar-refractivity contribution < 1.29 is 13.2 Å². The van der Waals surface area contributed by atoms with E-state index in [9.17, 15) is 22.8 Å². The molecule has 4 N–H and O–H groups in total. The van der Waals surface area contributed by atoms with E-state index in [1.165, 1.54) is 36.4 Å². The average molecular weight is 667 g/mol. The van der Waals surface area contributed by atoms with Crippen LogP contribution in [0.5, 0.6) is 0 Å². The molecule has 0 aliphatic carbocycles. The highest BCUT2D eigenvalue weighted by Gasteiger charge is 2.20. The van der Waals surface area contributed by atoms with Gasteiger partial charge in [-0.3, -0.25) is 4.79 Å². The van der Waals surface area contributed by atoms with Gasteiger partial charge in [-0.1, -0.05) is 11.6 Å². The molecule has 5 rings (SSSR count). The van der Waals surface area contributed by atoms with E-state index in [4.69, 9.17) is 11.6 Å². The molecule has 39 heavy (non-hydrogen) atoms. The minimum atomic E-state index is -4.09. The van der Waals surface area contributed by atoms with Crippen LogP contribution < -0.4 is 26.6 Å². The smallest absolute Gasteiger partial charge is 0.333 e. The summed E-state index contributed by atoms with van der Waals surface area (Å²) in [7, 11) is -4.09. The zero-order chi connectivity index (χ0) is 27.7. The number of halogens is 2. The molecule has 0 saturated heterocycles. The maximum Gasteiger partial charge on any atom is 0.333 e. The summed E-state index contributed by atoms with van der Waals surface area (Å²) in [6.07, 6.45) is 0. The van der Waals surface area contributed by atoms with Gasteiger partial charge in [-0.15, -0.1) is 22.7 Å². The van der Waals surface area contributed by atoms with Gasteiger partial charge in [0.05, 0.1) is 24.7 Å². The number of hydrogen-bond acceptors (Lipinski definition) is 8. The Kier molecular flexibility index (Phi) is 7.64. The van der Waals surface area contributed by atoms with Crippen LogP contribution in [0.1, 0.15) is 4.88 Å². The number of thiophene rings is 2.